The normalized spacial score (nSPS) is 11.9. The lowest BCUT2D eigenvalue weighted by Crippen LogP contribution is -2.04. The van der Waals surface area contributed by atoms with Gasteiger partial charge in [-0.05, 0) is 18.2 Å². The van der Waals surface area contributed by atoms with Crippen LogP contribution in [-0.4, -0.2) is 9.55 Å². The van der Waals surface area contributed by atoms with Gasteiger partial charge in [0.25, 0.3) is 0 Å². The minimum Gasteiger partial charge on any atom is -0.327 e. The molecule has 0 atom stereocenters. The Morgan fingerprint density at radius 1 is 1.38 bits per heavy atom. The highest BCUT2D eigenvalue weighted by molar-refractivity contribution is 5.76. The van der Waals surface area contributed by atoms with Crippen molar-refractivity contribution >= 4 is 11.0 Å². The molecule has 0 saturated heterocycles. The molecular weight excluding hydrogens is 217 g/mol. The molecule has 5 heteroatoms. The SMILES string of the molecule is C=CCn1cnc2cc(C(F)(F)F)ccc21. The van der Waals surface area contributed by atoms with Gasteiger partial charge in [-0.25, -0.2) is 4.98 Å². The molecule has 0 N–H and O–H groups in total. The average Bonchev–Trinajstić information content (AvgIpc) is 2.60. The number of hydrogen-bond donors (Lipinski definition) is 0. The molecule has 16 heavy (non-hydrogen) atoms. The third-order valence-corrected chi connectivity index (χ3v) is 2.27. The van der Waals surface area contributed by atoms with Gasteiger partial charge in [0, 0.05) is 6.54 Å². The van der Waals surface area contributed by atoms with Gasteiger partial charge >= 0.3 is 6.18 Å². The number of fused-ring (bicyclic) bond motifs is 1. The van der Waals surface area contributed by atoms with Crippen molar-refractivity contribution in [1.82, 2.24) is 9.55 Å². The van der Waals surface area contributed by atoms with Gasteiger partial charge in [0.1, 0.15) is 0 Å². The zero-order valence-corrected chi connectivity index (χ0v) is 8.33. The minimum absolute atomic E-state index is 0.344. The lowest BCUT2D eigenvalue weighted by molar-refractivity contribution is -0.137. The van der Waals surface area contributed by atoms with Crippen molar-refractivity contribution < 1.29 is 13.2 Å². The molecule has 0 unspecified atom stereocenters. The minimum atomic E-state index is -4.32. The summed E-state index contributed by atoms with van der Waals surface area (Å²) in [5, 5.41) is 0. The topological polar surface area (TPSA) is 17.8 Å². The quantitative estimate of drug-likeness (QED) is 0.719. The molecule has 0 amide bonds. The van der Waals surface area contributed by atoms with E-state index >= 15 is 0 Å². The van der Waals surface area contributed by atoms with Gasteiger partial charge < -0.3 is 4.57 Å². The van der Waals surface area contributed by atoms with Crippen molar-refractivity contribution in [3.63, 3.8) is 0 Å². The van der Waals surface area contributed by atoms with Crippen molar-refractivity contribution in [2.24, 2.45) is 0 Å². The Hall–Kier alpha value is -1.78. The number of aromatic nitrogens is 2. The maximum absolute atomic E-state index is 12.4. The highest BCUT2D eigenvalue weighted by atomic mass is 19.4. The highest BCUT2D eigenvalue weighted by Crippen LogP contribution is 2.30. The van der Waals surface area contributed by atoms with Gasteiger partial charge in [-0.15, -0.1) is 6.58 Å². The molecule has 1 heterocycles. The van der Waals surface area contributed by atoms with Crippen molar-refractivity contribution in [3.05, 3.63) is 42.7 Å². The second-order valence-corrected chi connectivity index (χ2v) is 3.39. The summed E-state index contributed by atoms with van der Waals surface area (Å²) in [6.45, 7) is 4.10. The summed E-state index contributed by atoms with van der Waals surface area (Å²) in [6.07, 6.45) is -1.15. The van der Waals surface area contributed by atoms with Crippen LogP contribution in [0.25, 0.3) is 11.0 Å². The fourth-order valence-corrected chi connectivity index (χ4v) is 1.52. The first-order valence-electron chi connectivity index (χ1n) is 4.65. The van der Waals surface area contributed by atoms with Crippen LogP contribution in [0.5, 0.6) is 0 Å². The van der Waals surface area contributed by atoms with Gasteiger partial charge in [0.15, 0.2) is 0 Å². The van der Waals surface area contributed by atoms with E-state index in [1.165, 1.54) is 12.4 Å². The molecule has 2 nitrogen and oxygen atoms in total. The summed E-state index contributed by atoms with van der Waals surface area (Å²) in [6, 6.07) is 3.53. The molecule has 0 radical (unpaired) electrons. The summed E-state index contributed by atoms with van der Waals surface area (Å²) in [5.41, 5.74) is 0.341. The van der Waals surface area contributed by atoms with E-state index < -0.39 is 11.7 Å². The monoisotopic (exact) mass is 226 g/mol. The van der Waals surface area contributed by atoms with E-state index in [9.17, 15) is 13.2 Å². The zero-order chi connectivity index (χ0) is 11.8. The van der Waals surface area contributed by atoms with E-state index in [2.05, 4.69) is 11.6 Å². The molecule has 0 saturated carbocycles. The zero-order valence-electron chi connectivity index (χ0n) is 8.33. The van der Waals surface area contributed by atoms with Crippen LogP contribution >= 0.6 is 0 Å². The van der Waals surface area contributed by atoms with Crippen molar-refractivity contribution in [2.75, 3.05) is 0 Å². The van der Waals surface area contributed by atoms with Gasteiger partial charge in [-0.1, -0.05) is 6.08 Å². The third-order valence-electron chi connectivity index (χ3n) is 2.27. The summed E-state index contributed by atoms with van der Waals surface area (Å²) in [4.78, 5) is 3.93. The van der Waals surface area contributed by atoms with E-state index in [0.29, 0.717) is 17.6 Å². The van der Waals surface area contributed by atoms with Crippen LogP contribution in [0.1, 0.15) is 5.56 Å². The number of alkyl halides is 3. The number of hydrogen-bond acceptors (Lipinski definition) is 1. The summed E-state index contributed by atoms with van der Waals surface area (Å²) in [5.74, 6) is 0. The van der Waals surface area contributed by atoms with E-state index in [4.69, 9.17) is 0 Å². The first kappa shape index (κ1) is 10.7. The third kappa shape index (κ3) is 1.80. The Morgan fingerprint density at radius 2 is 2.12 bits per heavy atom. The predicted molar refractivity (Wildman–Crippen MR) is 54.9 cm³/mol. The molecule has 2 rings (SSSR count). The second-order valence-electron chi connectivity index (χ2n) is 3.39. The maximum atomic E-state index is 12.4. The number of imidazole rings is 1. The Kier molecular flexibility index (Phi) is 2.46. The van der Waals surface area contributed by atoms with E-state index in [-0.39, 0.29) is 0 Å². The van der Waals surface area contributed by atoms with Crippen LogP contribution in [0.15, 0.2) is 37.2 Å². The van der Waals surface area contributed by atoms with E-state index in [1.807, 2.05) is 0 Å². The average molecular weight is 226 g/mol. The van der Waals surface area contributed by atoms with E-state index in [1.54, 1.807) is 10.6 Å². The van der Waals surface area contributed by atoms with Gasteiger partial charge in [0.05, 0.1) is 22.9 Å². The van der Waals surface area contributed by atoms with Crippen LogP contribution in [0.3, 0.4) is 0 Å². The first-order chi connectivity index (χ1) is 7.52. The van der Waals surface area contributed by atoms with Crippen molar-refractivity contribution in [1.29, 1.82) is 0 Å². The van der Waals surface area contributed by atoms with Crippen LogP contribution in [0, 0.1) is 0 Å². The number of nitrogens with zero attached hydrogens (tertiary/aromatic N) is 2. The fourth-order valence-electron chi connectivity index (χ4n) is 1.52. The van der Waals surface area contributed by atoms with Crippen LogP contribution in [0.2, 0.25) is 0 Å². The first-order valence-corrected chi connectivity index (χ1v) is 4.65. The smallest absolute Gasteiger partial charge is 0.327 e. The highest BCUT2D eigenvalue weighted by Gasteiger charge is 2.30. The van der Waals surface area contributed by atoms with E-state index in [0.717, 1.165) is 12.1 Å². The van der Waals surface area contributed by atoms with Gasteiger partial charge in [0.2, 0.25) is 0 Å². The molecule has 0 aliphatic heterocycles. The molecule has 1 aromatic carbocycles. The number of benzene rings is 1. The summed E-state index contributed by atoms with van der Waals surface area (Å²) < 4.78 is 39.0. The number of allylic oxidation sites excluding steroid dienone is 1. The largest absolute Gasteiger partial charge is 0.416 e. The lowest BCUT2D eigenvalue weighted by atomic mass is 10.2. The van der Waals surface area contributed by atoms with Crippen LogP contribution in [0.4, 0.5) is 13.2 Å². The molecule has 1 aromatic heterocycles. The van der Waals surface area contributed by atoms with Crippen molar-refractivity contribution in [3.8, 4) is 0 Å². The molecule has 0 aliphatic carbocycles. The Balaban J connectivity index is 2.53. The maximum Gasteiger partial charge on any atom is 0.416 e. The lowest BCUT2D eigenvalue weighted by Gasteiger charge is -2.06. The molecule has 0 fully saturated rings. The molecule has 0 spiro atoms. The molecule has 0 aliphatic rings. The molecule has 84 valence electrons. The number of halogens is 3. The fraction of sp³-hybridized carbons (Fsp3) is 0.182. The van der Waals surface area contributed by atoms with Gasteiger partial charge in [-0.2, -0.15) is 13.2 Å². The van der Waals surface area contributed by atoms with Gasteiger partial charge in [-0.3, -0.25) is 0 Å². The Labute approximate surface area is 90.0 Å². The molecular formula is C11H9F3N2. The predicted octanol–water partition coefficient (Wildman–Crippen LogP) is 3.24. The molecule has 2 aromatic rings. The van der Waals surface area contributed by atoms with Crippen molar-refractivity contribution in [2.45, 2.75) is 12.7 Å². The second kappa shape index (κ2) is 3.66. The number of rotatable bonds is 2. The molecule has 0 bridgehead atoms. The Morgan fingerprint density at radius 3 is 2.75 bits per heavy atom. The summed E-state index contributed by atoms with van der Waals surface area (Å²) in [7, 11) is 0. The van der Waals surface area contributed by atoms with Crippen LogP contribution < -0.4 is 0 Å². The Bertz CT molecular complexity index is 525. The standard InChI is InChI=1S/C11H9F3N2/c1-2-5-16-7-15-9-6-8(11(12,13)14)3-4-10(9)16/h2-4,6-7H,1,5H2. The van der Waals surface area contributed by atoms with Crippen LogP contribution in [-0.2, 0) is 12.7 Å². The summed E-state index contributed by atoms with van der Waals surface area (Å²) >= 11 is 0.